The first-order valence-electron chi connectivity index (χ1n) is 9.43. The summed E-state index contributed by atoms with van der Waals surface area (Å²) in [7, 11) is 0. The molecule has 0 saturated heterocycles. The smallest absolute Gasteiger partial charge is 0.306 e. The Bertz CT molecular complexity index is 913. The zero-order valence-electron chi connectivity index (χ0n) is 15.9. The Hall–Kier alpha value is -3.21. The number of hydrogen-bond donors (Lipinski definition) is 0. The van der Waals surface area contributed by atoms with E-state index in [0.29, 0.717) is 23.6 Å². The van der Waals surface area contributed by atoms with E-state index in [4.69, 9.17) is 9.15 Å². The highest BCUT2D eigenvalue weighted by molar-refractivity contribution is 5.97. The third-order valence-electron chi connectivity index (χ3n) is 4.33. The van der Waals surface area contributed by atoms with Gasteiger partial charge in [0.2, 0.25) is 0 Å². The molecule has 0 aliphatic rings. The Morgan fingerprint density at radius 2 is 1.75 bits per heavy atom. The molecule has 3 rings (SSSR count). The normalized spacial score (nSPS) is 10.6. The third kappa shape index (κ3) is 5.39. The van der Waals surface area contributed by atoms with Gasteiger partial charge in [0, 0.05) is 17.5 Å². The summed E-state index contributed by atoms with van der Waals surface area (Å²) in [5, 5.41) is 0. The van der Waals surface area contributed by atoms with Crippen LogP contribution in [0.5, 0.6) is 0 Å². The van der Waals surface area contributed by atoms with Crippen LogP contribution < -0.4 is 0 Å². The number of aromatic nitrogens is 1. The standard InChI is InChI=1S/C23H23NO4/c1-2-6-17-9-11-18(12-10-17)20(25)16-27-23(26)14-13-22-24-15-21(28-22)19-7-4-3-5-8-19/h3-5,7-12,15H,2,6,13-14,16H2,1H3. The number of nitrogens with zero attached hydrogens (tertiary/aromatic N) is 1. The first-order valence-corrected chi connectivity index (χ1v) is 9.43. The summed E-state index contributed by atoms with van der Waals surface area (Å²) in [6.45, 7) is 1.85. The number of ether oxygens (including phenoxy) is 1. The lowest BCUT2D eigenvalue weighted by Crippen LogP contribution is -2.14. The fourth-order valence-corrected chi connectivity index (χ4v) is 2.82. The van der Waals surface area contributed by atoms with Gasteiger partial charge in [0.05, 0.1) is 12.6 Å². The van der Waals surface area contributed by atoms with Gasteiger partial charge in [-0.15, -0.1) is 0 Å². The van der Waals surface area contributed by atoms with Crippen LogP contribution in [0.3, 0.4) is 0 Å². The summed E-state index contributed by atoms with van der Waals surface area (Å²) in [6, 6.07) is 17.1. The van der Waals surface area contributed by atoms with Crippen molar-refractivity contribution < 1.29 is 18.7 Å². The van der Waals surface area contributed by atoms with E-state index in [2.05, 4.69) is 11.9 Å². The van der Waals surface area contributed by atoms with Gasteiger partial charge in [-0.25, -0.2) is 4.98 Å². The number of esters is 1. The molecular weight excluding hydrogens is 354 g/mol. The van der Waals surface area contributed by atoms with Crippen molar-refractivity contribution in [3.05, 3.63) is 77.8 Å². The van der Waals surface area contributed by atoms with Crippen LogP contribution in [0.4, 0.5) is 0 Å². The second-order valence-electron chi connectivity index (χ2n) is 6.52. The van der Waals surface area contributed by atoms with Crippen LogP contribution in [0.1, 0.15) is 41.6 Å². The molecule has 0 saturated carbocycles. The van der Waals surface area contributed by atoms with Crippen molar-refractivity contribution in [1.29, 1.82) is 0 Å². The SMILES string of the molecule is CCCc1ccc(C(=O)COC(=O)CCc2ncc(-c3ccccc3)o2)cc1. The molecule has 3 aromatic rings. The van der Waals surface area contributed by atoms with Gasteiger partial charge < -0.3 is 9.15 Å². The van der Waals surface area contributed by atoms with Crippen molar-refractivity contribution in [2.24, 2.45) is 0 Å². The zero-order valence-corrected chi connectivity index (χ0v) is 15.9. The van der Waals surface area contributed by atoms with Gasteiger partial charge in [0.1, 0.15) is 0 Å². The lowest BCUT2D eigenvalue weighted by molar-refractivity contribution is -0.142. The van der Waals surface area contributed by atoms with E-state index >= 15 is 0 Å². The largest absolute Gasteiger partial charge is 0.457 e. The molecule has 0 atom stereocenters. The molecule has 0 N–H and O–H groups in total. The maximum absolute atomic E-state index is 12.1. The molecule has 0 aliphatic carbocycles. The van der Waals surface area contributed by atoms with Crippen LogP contribution in [0.25, 0.3) is 11.3 Å². The van der Waals surface area contributed by atoms with E-state index in [1.165, 1.54) is 5.56 Å². The summed E-state index contributed by atoms with van der Waals surface area (Å²) >= 11 is 0. The Labute approximate surface area is 164 Å². The van der Waals surface area contributed by atoms with Gasteiger partial charge in [-0.2, -0.15) is 0 Å². The minimum absolute atomic E-state index is 0.109. The lowest BCUT2D eigenvalue weighted by atomic mass is 10.1. The molecule has 0 fully saturated rings. The van der Waals surface area contributed by atoms with Gasteiger partial charge in [0.25, 0.3) is 0 Å². The fraction of sp³-hybridized carbons (Fsp3) is 0.261. The Morgan fingerprint density at radius 3 is 2.46 bits per heavy atom. The first kappa shape index (κ1) is 19.5. The van der Waals surface area contributed by atoms with E-state index in [0.717, 1.165) is 18.4 Å². The molecule has 28 heavy (non-hydrogen) atoms. The van der Waals surface area contributed by atoms with Gasteiger partial charge in [-0.1, -0.05) is 67.9 Å². The number of aryl methyl sites for hydroxylation is 2. The molecule has 1 heterocycles. The molecule has 0 amide bonds. The number of benzene rings is 2. The van der Waals surface area contributed by atoms with Gasteiger partial charge in [-0.05, 0) is 12.0 Å². The fourth-order valence-electron chi connectivity index (χ4n) is 2.82. The minimum atomic E-state index is -0.449. The highest BCUT2D eigenvalue weighted by Gasteiger charge is 2.12. The maximum Gasteiger partial charge on any atom is 0.306 e. The van der Waals surface area contributed by atoms with Gasteiger partial charge >= 0.3 is 5.97 Å². The molecule has 5 nitrogen and oxygen atoms in total. The molecule has 1 aromatic heterocycles. The Morgan fingerprint density at radius 1 is 1.00 bits per heavy atom. The number of ketones is 1. The van der Waals surface area contributed by atoms with E-state index < -0.39 is 5.97 Å². The number of hydrogen-bond acceptors (Lipinski definition) is 5. The van der Waals surface area contributed by atoms with Crippen LogP contribution in [0.2, 0.25) is 0 Å². The third-order valence-corrected chi connectivity index (χ3v) is 4.33. The van der Waals surface area contributed by atoms with Gasteiger partial charge in [-0.3, -0.25) is 9.59 Å². The number of Topliss-reactive ketones (excluding diaryl/α,β-unsaturated/α-hetero) is 1. The summed E-state index contributed by atoms with van der Waals surface area (Å²) < 4.78 is 10.8. The number of carbonyl (C=O) groups excluding carboxylic acids is 2. The zero-order chi connectivity index (χ0) is 19.8. The van der Waals surface area contributed by atoms with Crippen molar-refractivity contribution >= 4 is 11.8 Å². The molecule has 144 valence electrons. The van der Waals surface area contributed by atoms with Crippen molar-refractivity contribution in [3.8, 4) is 11.3 Å². The quantitative estimate of drug-likeness (QED) is 0.401. The summed E-state index contributed by atoms with van der Waals surface area (Å²) in [6.07, 6.45) is 4.11. The number of carbonyl (C=O) groups is 2. The molecular formula is C23H23NO4. The molecule has 0 bridgehead atoms. The van der Waals surface area contributed by atoms with Crippen molar-refractivity contribution in [3.63, 3.8) is 0 Å². The highest BCUT2D eigenvalue weighted by Crippen LogP contribution is 2.20. The average molecular weight is 377 g/mol. The van der Waals surface area contributed by atoms with E-state index in [-0.39, 0.29) is 18.8 Å². The van der Waals surface area contributed by atoms with Crippen LogP contribution >= 0.6 is 0 Å². The summed E-state index contributed by atoms with van der Waals surface area (Å²) in [5.74, 6) is 0.466. The van der Waals surface area contributed by atoms with Crippen LogP contribution in [-0.4, -0.2) is 23.3 Å². The van der Waals surface area contributed by atoms with Crippen molar-refractivity contribution in [2.45, 2.75) is 32.6 Å². The Balaban J connectivity index is 1.44. The van der Waals surface area contributed by atoms with Crippen LogP contribution in [0, 0.1) is 0 Å². The van der Waals surface area contributed by atoms with Crippen LogP contribution in [0.15, 0.2) is 65.2 Å². The predicted octanol–water partition coefficient (Wildman–Crippen LogP) is 4.65. The molecule has 2 aromatic carbocycles. The molecule has 0 unspecified atom stereocenters. The summed E-state index contributed by atoms with van der Waals surface area (Å²) in [5.41, 5.74) is 2.67. The number of rotatable bonds is 9. The predicted molar refractivity (Wildman–Crippen MR) is 106 cm³/mol. The van der Waals surface area contributed by atoms with Crippen molar-refractivity contribution in [1.82, 2.24) is 4.98 Å². The van der Waals surface area contributed by atoms with E-state index in [1.807, 2.05) is 42.5 Å². The molecule has 0 aliphatic heterocycles. The highest BCUT2D eigenvalue weighted by atomic mass is 16.5. The first-order chi connectivity index (χ1) is 13.7. The molecule has 0 spiro atoms. The molecule has 5 heteroatoms. The number of oxazole rings is 1. The average Bonchev–Trinajstić information content (AvgIpc) is 3.21. The topological polar surface area (TPSA) is 69.4 Å². The second-order valence-corrected chi connectivity index (χ2v) is 6.52. The van der Waals surface area contributed by atoms with Gasteiger partial charge in [0.15, 0.2) is 24.0 Å². The summed E-state index contributed by atoms with van der Waals surface area (Å²) in [4.78, 5) is 28.3. The van der Waals surface area contributed by atoms with Crippen molar-refractivity contribution in [2.75, 3.05) is 6.61 Å². The molecule has 0 radical (unpaired) electrons. The minimum Gasteiger partial charge on any atom is -0.457 e. The van der Waals surface area contributed by atoms with E-state index in [9.17, 15) is 9.59 Å². The van der Waals surface area contributed by atoms with Crippen LogP contribution in [-0.2, 0) is 22.4 Å². The lowest BCUT2D eigenvalue weighted by Gasteiger charge is -2.05. The monoisotopic (exact) mass is 377 g/mol. The Kier molecular flexibility index (Phi) is 6.73. The van der Waals surface area contributed by atoms with E-state index in [1.54, 1.807) is 18.3 Å². The maximum atomic E-state index is 12.1. The second kappa shape index (κ2) is 9.65.